The summed E-state index contributed by atoms with van der Waals surface area (Å²) in [5, 5.41) is 9.88. The van der Waals surface area contributed by atoms with E-state index >= 15 is 0 Å². The fraction of sp³-hybridized carbons (Fsp3) is 0.400. The van der Waals surface area contributed by atoms with Crippen LogP contribution < -0.4 is 0 Å². The van der Waals surface area contributed by atoms with E-state index in [1.807, 2.05) is 0 Å². The van der Waals surface area contributed by atoms with Crippen molar-refractivity contribution in [3.05, 3.63) is 26.7 Å². The second-order valence-corrected chi connectivity index (χ2v) is 2.74. The van der Waals surface area contributed by atoms with Crippen LogP contribution >= 0.6 is 11.3 Å². The van der Waals surface area contributed by atoms with E-state index in [0.717, 1.165) is 4.88 Å². The van der Waals surface area contributed by atoms with Crippen molar-refractivity contribution < 1.29 is 4.92 Å². The van der Waals surface area contributed by atoms with Crippen LogP contribution in [0.1, 0.15) is 4.88 Å². The minimum absolute atomic E-state index is 0.00218. The lowest BCUT2D eigenvalue weighted by atomic mass is 10.4. The van der Waals surface area contributed by atoms with Crippen molar-refractivity contribution in [3.63, 3.8) is 0 Å². The molecule has 0 aromatic carbocycles. The number of thiazole rings is 1. The Hall–Kier alpha value is -0.970. The first-order valence-corrected chi connectivity index (χ1v) is 3.66. The quantitative estimate of drug-likeness (QED) is 0.486. The summed E-state index contributed by atoms with van der Waals surface area (Å²) in [5.41, 5.74) is 1.68. The maximum absolute atomic E-state index is 9.88. The van der Waals surface area contributed by atoms with Gasteiger partial charge >= 0.3 is 0 Å². The smallest absolute Gasteiger partial charge is 0.208 e. The summed E-state index contributed by atoms with van der Waals surface area (Å²) in [7, 11) is 0. The molecule has 0 saturated carbocycles. The number of rotatable bonds is 3. The molecule has 0 aliphatic carbocycles. The molecule has 54 valence electrons. The molecule has 5 heteroatoms. The molecule has 0 atom stereocenters. The zero-order chi connectivity index (χ0) is 7.40. The summed E-state index contributed by atoms with van der Waals surface area (Å²) in [5.74, 6) is 0. The highest BCUT2D eigenvalue weighted by molar-refractivity contribution is 7.09. The third-order valence-corrected chi connectivity index (χ3v) is 1.86. The summed E-state index contributed by atoms with van der Waals surface area (Å²) >= 11 is 1.45. The van der Waals surface area contributed by atoms with Crippen LogP contribution in [0.15, 0.2) is 11.7 Å². The largest absolute Gasteiger partial charge is 0.265 e. The van der Waals surface area contributed by atoms with Gasteiger partial charge in [-0.1, -0.05) is 0 Å². The van der Waals surface area contributed by atoms with Crippen molar-refractivity contribution in [2.24, 2.45) is 0 Å². The number of hydrogen-bond donors (Lipinski definition) is 0. The van der Waals surface area contributed by atoms with Crippen LogP contribution in [-0.4, -0.2) is 16.5 Å². The van der Waals surface area contributed by atoms with Gasteiger partial charge in [0, 0.05) is 22.4 Å². The van der Waals surface area contributed by atoms with Gasteiger partial charge in [0.25, 0.3) is 0 Å². The van der Waals surface area contributed by atoms with Gasteiger partial charge in [-0.05, 0) is 0 Å². The molecule has 0 aliphatic heterocycles. The Morgan fingerprint density at radius 1 is 1.80 bits per heavy atom. The Balaban J connectivity index is 2.35. The molecule has 0 fully saturated rings. The molecule has 0 unspecified atom stereocenters. The molecule has 1 heterocycles. The van der Waals surface area contributed by atoms with Gasteiger partial charge in [0.05, 0.1) is 5.51 Å². The summed E-state index contributed by atoms with van der Waals surface area (Å²) in [6.07, 6.45) is 2.16. The Bertz CT molecular complexity index is 209. The van der Waals surface area contributed by atoms with E-state index in [4.69, 9.17) is 0 Å². The van der Waals surface area contributed by atoms with E-state index in [0.29, 0.717) is 6.42 Å². The molecule has 1 rings (SSSR count). The van der Waals surface area contributed by atoms with Crippen LogP contribution in [0.4, 0.5) is 0 Å². The van der Waals surface area contributed by atoms with Gasteiger partial charge in [0.1, 0.15) is 0 Å². The normalized spacial score (nSPS) is 9.60. The average molecular weight is 158 g/mol. The van der Waals surface area contributed by atoms with Crippen molar-refractivity contribution in [1.82, 2.24) is 4.98 Å². The number of nitrogens with zero attached hydrogens (tertiary/aromatic N) is 2. The topological polar surface area (TPSA) is 56.0 Å². The molecule has 0 N–H and O–H groups in total. The molecule has 10 heavy (non-hydrogen) atoms. The van der Waals surface area contributed by atoms with E-state index in [1.165, 1.54) is 11.3 Å². The third-order valence-electron chi connectivity index (χ3n) is 1.02. The first-order chi connectivity index (χ1) is 4.79. The zero-order valence-electron chi connectivity index (χ0n) is 5.19. The van der Waals surface area contributed by atoms with Gasteiger partial charge in [-0.25, -0.2) is 0 Å². The fourth-order valence-electron chi connectivity index (χ4n) is 0.567. The van der Waals surface area contributed by atoms with Crippen LogP contribution in [0, 0.1) is 10.1 Å². The Morgan fingerprint density at radius 2 is 2.60 bits per heavy atom. The molecular weight excluding hydrogens is 152 g/mol. The van der Waals surface area contributed by atoms with Gasteiger partial charge in [0.15, 0.2) is 0 Å². The molecule has 0 spiro atoms. The number of nitro groups is 1. The lowest BCUT2D eigenvalue weighted by Crippen LogP contribution is -2.02. The second-order valence-electron chi connectivity index (χ2n) is 1.77. The molecule has 0 saturated heterocycles. The van der Waals surface area contributed by atoms with Crippen molar-refractivity contribution in [1.29, 1.82) is 0 Å². The van der Waals surface area contributed by atoms with E-state index in [2.05, 4.69) is 4.98 Å². The SMILES string of the molecule is O=[N+]([O-])CCc1cncs1. The van der Waals surface area contributed by atoms with Gasteiger partial charge in [-0.2, -0.15) is 0 Å². The standard InChI is InChI=1S/C5H6N2O2S/c8-7(9)2-1-5-3-6-4-10-5/h3-4H,1-2H2. The predicted octanol–water partition coefficient (Wildman–Crippen LogP) is 0.962. The van der Waals surface area contributed by atoms with Gasteiger partial charge in [0.2, 0.25) is 6.54 Å². The molecule has 1 aromatic heterocycles. The molecular formula is C5H6N2O2S. The zero-order valence-corrected chi connectivity index (χ0v) is 6.00. The predicted molar refractivity (Wildman–Crippen MR) is 37.7 cm³/mol. The highest BCUT2D eigenvalue weighted by atomic mass is 32.1. The third kappa shape index (κ3) is 2.10. The van der Waals surface area contributed by atoms with Crippen LogP contribution in [0.5, 0.6) is 0 Å². The molecule has 0 bridgehead atoms. The molecule has 0 aliphatic rings. The summed E-state index contributed by atoms with van der Waals surface area (Å²) in [6.45, 7) is 0.00218. The summed E-state index contributed by atoms with van der Waals surface area (Å²) < 4.78 is 0. The lowest BCUT2D eigenvalue weighted by Gasteiger charge is -1.87. The summed E-state index contributed by atoms with van der Waals surface area (Å²) in [4.78, 5) is 14.3. The number of aromatic nitrogens is 1. The van der Waals surface area contributed by atoms with Crippen molar-refractivity contribution >= 4 is 11.3 Å². The Labute approximate surface area is 61.7 Å². The van der Waals surface area contributed by atoms with Crippen molar-refractivity contribution in [3.8, 4) is 0 Å². The second kappa shape index (κ2) is 3.26. The summed E-state index contributed by atoms with van der Waals surface area (Å²) in [6, 6.07) is 0. The molecule has 1 aromatic rings. The van der Waals surface area contributed by atoms with Crippen LogP contribution in [-0.2, 0) is 6.42 Å². The molecule has 4 nitrogen and oxygen atoms in total. The Kier molecular flexibility index (Phi) is 2.33. The van der Waals surface area contributed by atoms with E-state index in [-0.39, 0.29) is 11.5 Å². The first-order valence-electron chi connectivity index (χ1n) is 2.78. The van der Waals surface area contributed by atoms with E-state index < -0.39 is 0 Å². The average Bonchev–Trinajstić information content (AvgIpc) is 2.34. The highest BCUT2D eigenvalue weighted by Crippen LogP contribution is 2.05. The van der Waals surface area contributed by atoms with E-state index in [9.17, 15) is 10.1 Å². The lowest BCUT2D eigenvalue weighted by molar-refractivity contribution is -0.479. The van der Waals surface area contributed by atoms with Crippen molar-refractivity contribution in [2.75, 3.05) is 6.54 Å². The van der Waals surface area contributed by atoms with Gasteiger partial charge in [-0.3, -0.25) is 15.1 Å². The Morgan fingerprint density at radius 3 is 3.10 bits per heavy atom. The van der Waals surface area contributed by atoms with Gasteiger partial charge in [-0.15, -0.1) is 11.3 Å². The highest BCUT2D eigenvalue weighted by Gasteiger charge is 1.99. The van der Waals surface area contributed by atoms with E-state index in [1.54, 1.807) is 11.7 Å². The first kappa shape index (κ1) is 7.14. The molecule has 0 radical (unpaired) electrons. The monoisotopic (exact) mass is 158 g/mol. The van der Waals surface area contributed by atoms with Crippen LogP contribution in [0.3, 0.4) is 0 Å². The minimum atomic E-state index is -0.320. The maximum atomic E-state index is 9.88. The molecule has 0 amide bonds. The fourth-order valence-corrected chi connectivity index (χ4v) is 1.16. The van der Waals surface area contributed by atoms with Crippen LogP contribution in [0.25, 0.3) is 0 Å². The van der Waals surface area contributed by atoms with Gasteiger partial charge < -0.3 is 0 Å². The van der Waals surface area contributed by atoms with Crippen molar-refractivity contribution in [2.45, 2.75) is 6.42 Å². The van der Waals surface area contributed by atoms with Crippen LogP contribution in [0.2, 0.25) is 0 Å². The minimum Gasteiger partial charge on any atom is -0.265 e. The maximum Gasteiger partial charge on any atom is 0.208 e. The number of hydrogen-bond acceptors (Lipinski definition) is 4.